The number of nitrogens with one attached hydrogen (secondary N) is 1. The van der Waals surface area contributed by atoms with E-state index in [1.54, 1.807) is 39.0 Å². The first kappa shape index (κ1) is 15.5. The number of aldehydes is 1. The fraction of sp³-hybridized carbons (Fsp3) is 0.429. The summed E-state index contributed by atoms with van der Waals surface area (Å²) in [5, 5.41) is 3.05. The van der Waals surface area contributed by atoms with E-state index in [1.165, 1.54) is 0 Å². The van der Waals surface area contributed by atoms with Crippen LogP contribution in [0, 0.1) is 6.92 Å². The minimum atomic E-state index is -0.770. The van der Waals surface area contributed by atoms with Crippen molar-refractivity contribution < 1.29 is 14.3 Å². The summed E-state index contributed by atoms with van der Waals surface area (Å²) in [6, 6.07) is 4.43. The van der Waals surface area contributed by atoms with Crippen LogP contribution in [-0.2, 0) is 9.53 Å². The summed E-state index contributed by atoms with van der Waals surface area (Å²) in [7, 11) is 0. The van der Waals surface area contributed by atoms with Gasteiger partial charge in [0.15, 0.2) is 0 Å². The molecule has 1 amide bonds. The number of hydrogen-bond donors (Lipinski definition) is 1. The zero-order valence-electron chi connectivity index (χ0n) is 11.5. The summed E-state index contributed by atoms with van der Waals surface area (Å²) < 4.78 is 5.10. The second-order valence-corrected chi connectivity index (χ2v) is 5.68. The fourth-order valence-corrected chi connectivity index (χ4v) is 1.62. The molecule has 0 saturated heterocycles. The van der Waals surface area contributed by atoms with Gasteiger partial charge in [-0.15, -0.1) is 0 Å². The first-order chi connectivity index (χ1) is 8.73. The number of alkyl carbamates (subject to hydrolysis) is 1. The van der Waals surface area contributed by atoms with Crippen LogP contribution >= 0.6 is 11.6 Å². The van der Waals surface area contributed by atoms with Gasteiger partial charge in [0.2, 0.25) is 0 Å². The molecule has 0 fully saturated rings. The monoisotopic (exact) mass is 283 g/mol. The Kier molecular flexibility index (Phi) is 4.95. The molecule has 1 N–H and O–H groups in total. The molecule has 19 heavy (non-hydrogen) atoms. The van der Waals surface area contributed by atoms with Crippen LogP contribution in [-0.4, -0.2) is 18.0 Å². The predicted molar refractivity (Wildman–Crippen MR) is 74.4 cm³/mol. The van der Waals surface area contributed by atoms with E-state index in [-0.39, 0.29) is 0 Å². The van der Waals surface area contributed by atoms with Gasteiger partial charge in [0.1, 0.15) is 17.9 Å². The van der Waals surface area contributed by atoms with Crippen molar-refractivity contribution in [3.05, 3.63) is 34.3 Å². The predicted octanol–water partition coefficient (Wildman–Crippen LogP) is 3.41. The van der Waals surface area contributed by atoms with E-state index in [4.69, 9.17) is 16.3 Å². The zero-order chi connectivity index (χ0) is 14.6. The Morgan fingerprint density at radius 2 is 2.05 bits per heavy atom. The third-order valence-corrected chi connectivity index (χ3v) is 2.77. The van der Waals surface area contributed by atoms with Crippen molar-refractivity contribution in [3.8, 4) is 0 Å². The van der Waals surface area contributed by atoms with Gasteiger partial charge in [-0.2, -0.15) is 0 Å². The molecule has 0 aromatic heterocycles. The lowest BCUT2D eigenvalue weighted by Crippen LogP contribution is -2.35. The highest BCUT2D eigenvalue weighted by Crippen LogP contribution is 2.21. The smallest absolute Gasteiger partial charge is 0.408 e. The van der Waals surface area contributed by atoms with Gasteiger partial charge in [0.05, 0.1) is 0 Å². The average molecular weight is 284 g/mol. The highest BCUT2D eigenvalue weighted by Gasteiger charge is 2.20. The van der Waals surface area contributed by atoms with E-state index in [9.17, 15) is 9.59 Å². The SMILES string of the molecule is Cc1ccc(C(C=O)NC(=O)OC(C)(C)C)cc1Cl. The van der Waals surface area contributed by atoms with E-state index in [1.807, 2.05) is 6.92 Å². The molecule has 1 unspecified atom stereocenters. The number of halogens is 1. The molecule has 0 aliphatic heterocycles. The van der Waals surface area contributed by atoms with Crippen LogP contribution < -0.4 is 5.32 Å². The normalized spacial score (nSPS) is 12.7. The topological polar surface area (TPSA) is 55.4 Å². The summed E-state index contributed by atoms with van der Waals surface area (Å²) in [6.45, 7) is 7.13. The van der Waals surface area contributed by atoms with E-state index < -0.39 is 17.7 Å². The molecule has 1 aromatic rings. The van der Waals surface area contributed by atoms with Gasteiger partial charge in [-0.3, -0.25) is 0 Å². The first-order valence-corrected chi connectivity index (χ1v) is 6.31. The van der Waals surface area contributed by atoms with Gasteiger partial charge in [-0.05, 0) is 44.9 Å². The van der Waals surface area contributed by atoms with E-state index in [0.717, 1.165) is 5.56 Å². The van der Waals surface area contributed by atoms with Crippen LogP contribution in [0.15, 0.2) is 18.2 Å². The van der Waals surface area contributed by atoms with Gasteiger partial charge in [0, 0.05) is 5.02 Å². The highest BCUT2D eigenvalue weighted by atomic mass is 35.5. The van der Waals surface area contributed by atoms with Crippen molar-refractivity contribution >= 4 is 24.0 Å². The molecule has 5 heteroatoms. The molecular formula is C14H18ClNO3. The Labute approximate surface area is 118 Å². The zero-order valence-corrected chi connectivity index (χ0v) is 12.2. The van der Waals surface area contributed by atoms with Gasteiger partial charge in [0.25, 0.3) is 0 Å². The summed E-state index contributed by atoms with van der Waals surface area (Å²) in [5.41, 5.74) is 0.923. The second-order valence-electron chi connectivity index (χ2n) is 5.27. The number of aryl methyl sites for hydroxylation is 1. The maximum Gasteiger partial charge on any atom is 0.408 e. The number of carbonyl (C=O) groups excluding carboxylic acids is 2. The van der Waals surface area contributed by atoms with Crippen LogP contribution in [0.25, 0.3) is 0 Å². The molecular weight excluding hydrogens is 266 g/mol. The van der Waals surface area contributed by atoms with Crippen molar-refractivity contribution in [1.82, 2.24) is 5.32 Å². The van der Waals surface area contributed by atoms with Crippen LogP contribution in [0.4, 0.5) is 4.79 Å². The Hall–Kier alpha value is -1.55. The van der Waals surface area contributed by atoms with Crippen LogP contribution in [0.2, 0.25) is 5.02 Å². The van der Waals surface area contributed by atoms with Crippen LogP contribution in [0.5, 0.6) is 0 Å². The molecule has 0 spiro atoms. The number of rotatable bonds is 3. The molecule has 0 aliphatic rings. The third-order valence-electron chi connectivity index (χ3n) is 2.36. The van der Waals surface area contributed by atoms with Crippen molar-refractivity contribution in [2.24, 2.45) is 0 Å². The number of hydrogen-bond acceptors (Lipinski definition) is 3. The van der Waals surface area contributed by atoms with Crippen LogP contribution in [0.1, 0.15) is 37.9 Å². The lowest BCUT2D eigenvalue weighted by atomic mass is 10.1. The minimum absolute atomic E-state index is 0.551. The largest absolute Gasteiger partial charge is 0.444 e. The number of ether oxygens (including phenoxy) is 1. The summed E-state index contributed by atoms with van der Waals surface area (Å²) >= 11 is 6.00. The average Bonchev–Trinajstić information content (AvgIpc) is 2.27. The molecule has 104 valence electrons. The lowest BCUT2D eigenvalue weighted by Gasteiger charge is -2.21. The third kappa shape index (κ3) is 4.91. The number of carbonyl (C=O) groups is 2. The molecule has 0 heterocycles. The van der Waals surface area contributed by atoms with Crippen molar-refractivity contribution in [2.45, 2.75) is 39.3 Å². The lowest BCUT2D eigenvalue weighted by molar-refractivity contribution is -0.109. The van der Waals surface area contributed by atoms with Crippen LogP contribution in [0.3, 0.4) is 0 Å². The van der Waals surface area contributed by atoms with Gasteiger partial charge < -0.3 is 14.8 Å². The summed E-state index contributed by atoms with van der Waals surface area (Å²) in [5.74, 6) is 0. The van der Waals surface area contributed by atoms with Gasteiger partial charge in [-0.1, -0.05) is 23.7 Å². The van der Waals surface area contributed by atoms with Gasteiger partial charge in [-0.25, -0.2) is 4.79 Å². The highest BCUT2D eigenvalue weighted by molar-refractivity contribution is 6.31. The maximum absolute atomic E-state index is 11.6. The number of benzene rings is 1. The van der Waals surface area contributed by atoms with Crippen molar-refractivity contribution in [2.75, 3.05) is 0 Å². The Morgan fingerprint density at radius 1 is 1.42 bits per heavy atom. The Morgan fingerprint density at radius 3 is 2.53 bits per heavy atom. The Balaban J connectivity index is 2.81. The maximum atomic E-state index is 11.6. The second kappa shape index (κ2) is 6.06. The minimum Gasteiger partial charge on any atom is -0.444 e. The molecule has 0 aliphatic carbocycles. The van der Waals surface area contributed by atoms with E-state index in [0.29, 0.717) is 16.9 Å². The molecule has 1 atom stereocenters. The molecule has 4 nitrogen and oxygen atoms in total. The molecule has 1 rings (SSSR count). The van der Waals surface area contributed by atoms with E-state index >= 15 is 0 Å². The molecule has 0 radical (unpaired) electrons. The van der Waals surface area contributed by atoms with Crippen molar-refractivity contribution in [3.63, 3.8) is 0 Å². The fourth-order valence-electron chi connectivity index (χ4n) is 1.43. The molecule has 1 aromatic carbocycles. The van der Waals surface area contributed by atoms with E-state index in [2.05, 4.69) is 5.32 Å². The standard InChI is InChI=1S/C14H18ClNO3/c1-9-5-6-10(7-11(9)15)12(8-17)16-13(18)19-14(2,3)4/h5-8,12H,1-4H3,(H,16,18). The van der Waals surface area contributed by atoms with Gasteiger partial charge >= 0.3 is 6.09 Å². The van der Waals surface area contributed by atoms with Crippen molar-refractivity contribution in [1.29, 1.82) is 0 Å². The molecule has 0 saturated carbocycles. The summed E-state index contributed by atoms with van der Waals surface area (Å²) in [4.78, 5) is 22.7. The quantitative estimate of drug-likeness (QED) is 0.865. The first-order valence-electron chi connectivity index (χ1n) is 5.94. The number of amides is 1. The molecule has 0 bridgehead atoms. The summed E-state index contributed by atoms with van der Waals surface area (Å²) in [6.07, 6.45) is 0.00608. The Bertz CT molecular complexity index is 480.